The summed E-state index contributed by atoms with van der Waals surface area (Å²) in [6, 6.07) is 11.4. The molecule has 0 spiro atoms. The highest BCUT2D eigenvalue weighted by molar-refractivity contribution is 9.10. The van der Waals surface area contributed by atoms with Crippen molar-refractivity contribution in [3.63, 3.8) is 0 Å². The average molecular weight is 469 g/mol. The van der Waals surface area contributed by atoms with E-state index in [2.05, 4.69) is 38.3 Å². The maximum absolute atomic E-state index is 12.6. The van der Waals surface area contributed by atoms with Gasteiger partial charge in [-0.2, -0.15) is 0 Å². The largest absolute Gasteiger partial charge is 0.496 e. The Labute approximate surface area is 178 Å². The number of amides is 1. The number of benzene rings is 2. The number of hydrogen-bond donors (Lipinski definition) is 2. The number of methoxy groups -OCH3 is 1. The number of ether oxygens (including phenoxy) is 2. The highest BCUT2D eigenvalue weighted by atomic mass is 79.9. The fourth-order valence-electron chi connectivity index (χ4n) is 3.11. The third-order valence-corrected chi connectivity index (χ3v) is 5.45. The number of nitrogens with two attached hydrogens (primary N) is 1. The molecule has 0 saturated carbocycles. The minimum absolute atomic E-state index is 0.0802. The lowest BCUT2D eigenvalue weighted by molar-refractivity contribution is -0.0292. The molecule has 0 bridgehead atoms. The van der Waals surface area contributed by atoms with Crippen LogP contribution in [-0.4, -0.2) is 50.3 Å². The predicted molar refractivity (Wildman–Crippen MR) is 114 cm³/mol. The Kier molecular flexibility index (Phi) is 7.18. The van der Waals surface area contributed by atoms with E-state index in [4.69, 9.17) is 26.8 Å². The molecule has 3 rings (SSSR count). The van der Waals surface area contributed by atoms with Crippen LogP contribution < -0.4 is 15.8 Å². The molecule has 1 aliphatic heterocycles. The van der Waals surface area contributed by atoms with Crippen LogP contribution in [-0.2, 0) is 11.3 Å². The molecule has 150 valence electrons. The summed E-state index contributed by atoms with van der Waals surface area (Å²) in [5, 5.41) is 3.23. The number of anilines is 1. The molecule has 0 aromatic heterocycles. The highest BCUT2D eigenvalue weighted by Crippen LogP contribution is 2.28. The number of nitrogens with one attached hydrogen (secondary N) is 1. The van der Waals surface area contributed by atoms with Crippen LogP contribution >= 0.6 is 27.5 Å². The van der Waals surface area contributed by atoms with Crippen LogP contribution in [0.4, 0.5) is 5.69 Å². The van der Waals surface area contributed by atoms with Crippen LogP contribution in [0.25, 0.3) is 0 Å². The second kappa shape index (κ2) is 9.60. The monoisotopic (exact) mass is 467 g/mol. The molecule has 3 N–H and O–H groups in total. The number of halogens is 2. The van der Waals surface area contributed by atoms with Crippen LogP contribution in [0.5, 0.6) is 5.75 Å². The summed E-state index contributed by atoms with van der Waals surface area (Å²) < 4.78 is 12.1. The molecule has 6 nitrogen and oxygen atoms in total. The van der Waals surface area contributed by atoms with Gasteiger partial charge in [0.25, 0.3) is 5.91 Å². The Morgan fingerprint density at radius 1 is 1.39 bits per heavy atom. The van der Waals surface area contributed by atoms with Crippen molar-refractivity contribution in [1.29, 1.82) is 0 Å². The van der Waals surface area contributed by atoms with Gasteiger partial charge in [-0.05, 0) is 23.8 Å². The molecule has 1 aliphatic rings. The molecule has 1 amide bonds. The molecule has 1 fully saturated rings. The Balaban J connectivity index is 1.56. The summed E-state index contributed by atoms with van der Waals surface area (Å²) in [7, 11) is 1.49. The van der Waals surface area contributed by atoms with E-state index < -0.39 is 0 Å². The third-order valence-electron chi connectivity index (χ3n) is 4.60. The summed E-state index contributed by atoms with van der Waals surface area (Å²) in [4.78, 5) is 14.9. The lowest BCUT2D eigenvalue weighted by Crippen LogP contribution is -2.47. The van der Waals surface area contributed by atoms with Crippen molar-refractivity contribution in [3.8, 4) is 5.75 Å². The first-order valence-corrected chi connectivity index (χ1v) is 10.1. The molecule has 1 atom stereocenters. The Morgan fingerprint density at radius 2 is 2.14 bits per heavy atom. The maximum Gasteiger partial charge on any atom is 0.255 e. The molecule has 1 unspecified atom stereocenters. The first kappa shape index (κ1) is 20.9. The fraction of sp³-hybridized carbons (Fsp3) is 0.350. The molecule has 1 heterocycles. The minimum Gasteiger partial charge on any atom is -0.496 e. The van der Waals surface area contributed by atoms with Gasteiger partial charge in [0.2, 0.25) is 0 Å². The smallest absolute Gasteiger partial charge is 0.255 e. The van der Waals surface area contributed by atoms with Gasteiger partial charge in [0, 0.05) is 36.7 Å². The zero-order valence-electron chi connectivity index (χ0n) is 15.6. The molecular formula is C20H23BrClN3O3. The summed E-state index contributed by atoms with van der Waals surface area (Å²) in [5.41, 5.74) is 7.74. The first-order valence-electron chi connectivity index (χ1n) is 8.96. The van der Waals surface area contributed by atoms with Crippen LogP contribution in [0.1, 0.15) is 15.9 Å². The van der Waals surface area contributed by atoms with E-state index in [0.29, 0.717) is 35.2 Å². The van der Waals surface area contributed by atoms with Gasteiger partial charge in [-0.3, -0.25) is 9.69 Å². The number of morpholine rings is 1. The lowest BCUT2D eigenvalue weighted by atomic mass is 10.1. The summed E-state index contributed by atoms with van der Waals surface area (Å²) in [6.45, 7) is 3.50. The van der Waals surface area contributed by atoms with E-state index in [-0.39, 0.29) is 12.0 Å². The molecule has 0 aliphatic carbocycles. The second-order valence-electron chi connectivity index (χ2n) is 6.64. The number of nitrogens with zero attached hydrogens (tertiary/aromatic N) is 1. The standard InChI is InChI=1S/C20H23BrClN3O3/c1-27-19-9-18(23)17(22)8-16(19)20(26)24-10-15-12-25(6-7-28-15)11-13-2-4-14(21)5-3-13/h2-5,8-9,15H,6-7,10-12,23H2,1H3,(H,24,26). The molecule has 0 radical (unpaired) electrons. The Bertz CT molecular complexity index is 832. The zero-order valence-corrected chi connectivity index (χ0v) is 17.9. The van der Waals surface area contributed by atoms with Crippen LogP contribution in [0.3, 0.4) is 0 Å². The van der Waals surface area contributed by atoms with Crippen molar-refractivity contribution in [2.45, 2.75) is 12.6 Å². The number of nitrogen functional groups attached to an aromatic ring is 1. The molecule has 8 heteroatoms. The summed E-state index contributed by atoms with van der Waals surface area (Å²) in [5.74, 6) is 0.119. The molecule has 2 aromatic carbocycles. The van der Waals surface area contributed by atoms with Crippen molar-refractivity contribution < 1.29 is 14.3 Å². The van der Waals surface area contributed by atoms with Crippen LogP contribution in [0.2, 0.25) is 5.02 Å². The topological polar surface area (TPSA) is 76.8 Å². The van der Waals surface area contributed by atoms with Crippen LogP contribution in [0, 0.1) is 0 Å². The number of rotatable bonds is 6. The fourth-order valence-corrected chi connectivity index (χ4v) is 3.54. The Morgan fingerprint density at radius 3 is 2.86 bits per heavy atom. The van der Waals surface area contributed by atoms with Crippen LogP contribution in [0.15, 0.2) is 40.9 Å². The highest BCUT2D eigenvalue weighted by Gasteiger charge is 2.22. The van der Waals surface area contributed by atoms with Gasteiger partial charge in [-0.1, -0.05) is 39.7 Å². The van der Waals surface area contributed by atoms with E-state index in [0.717, 1.165) is 24.1 Å². The van der Waals surface area contributed by atoms with Crippen molar-refractivity contribution in [2.24, 2.45) is 0 Å². The molecular weight excluding hydrogens is 446 g/mol. The lowest BCUT2D eigenvalue weighted by Gasteiger charge is -2.33. The van der Waals surface area contributed by atoms with Crippen molar-refractivity contribution in [3.05, 3.63) is 57.0 Å². The first-order chi connectivity index (χ1) is 13.5. The van der Waals surface area contributed by atoms with Gasteiger partial charge in [-0.25, -0.2) is 0 Å². The van der Waals surface area contributed by atoms with E-state index >= 15 is 0 Å². The van der Waals surface area contributed by atoms with Gasteiger partial charge in [-0.15, -0.1) is 0 Å². The number of hydrogen-bond acceptors (Lipinski definition) is 5. The van der Waals surface area contributed by atoms with E-state index in [1.807, 2.05) is 12.1 Å². The molecule has 2 aromatic rings. The third kappa shape index (κ3) is 5.38. The quantitative estimate of drug-likeness (QED) is 0.636. The van der Waals surface area contributed by atoms with E-state index in [1.165, 1.54) is 18.7 Å². The van der Waals surface area contributed by atoms with E-state index in [1.54, 1.807) is 6.07 Å². The normalized spacial score (nSPS) is 17.3. The van der Waals surface area contributed by atoms with Gasteiger partial charge in [0.15, 0.2) is 0 Å². The number of carbonyl (C=O) groups is 1. The SMILES string of the molecule is COc1cc(N)c(Cl)cc1C(=O)NCC1CN(Cc2ccc(Br)cc2)CCO1. The second-order valence-corrected chi connectivity index (χ2v) is 7.96. The summed E-state index contributed by atoms with van der Waals surface area (Å²) >= 11 is 9.50. The van der Waals surface area contributed by atoms with E-state index in [9.17, 15) is 4.79 Å². The molecule has 28 heavy (non-hydrogen) atoms. The van der Waals surface area contributed by atoms with Gasteiger partial charge < -0.3 is 20.5 Å². The van der Waals surface area contributed by atoms with Gasteiger partial charge in [0.1, 0.15) is 5.75 Å². The predicted octanol–water partition coefficient (Wildman–Crippen LogP) is 3.32. The van der Waals surface area contributed by atoms with Crippen molar-refractivity contribution in [2.75, 3.05) is 39.1 Å². The van der Waals surface area contributed by atoms with Crippen molar-refractivity contribution >= 4 is 39.1 Å². The number of carbonyl (C=O) groups excluding carboxylic acids is 1. The molecule has 1 saturated heterocycles. The van der Waals surface area contributed by atoms with Gasteiger partial charge in [0.05, 0.1) is 36.1 Å². The minimum atomic E-state index is -0.271. The Hall–Kier alpha value is -1.80. The average Bonchev–Trinajstić information content (AvgIpc) is 2.70. The van der Waals surface area contributed by atoms with Gasteiger partial charge >= 0.3 is 0 Å². The maximum atomic E-state index is 12.6. The summed E-state index contributed by atoms with van der Waals surface area (Å²) in [6.07, 6.45) is -0.0802. The zero-order chi connectivity index (χ0) is 20.1. The van der Waals surface area contributed by atoms with Crippen molar-refractivity contribution in [1.82, 2.24) is 10.2 Å².